The average molecular weight is 326 g/mol. The fraction of sp³-hybridized carbons (Fsp3) is 0.733. The van der Waals surface area contributed by atoms with Gasteiger partial charge in [-0.15, -0.1) is 5.10 Å². The summed E-state index contributed by atoms with van der Waals surface area (Å²) in [6, 6.07) is 4.45. The molecule has 0 bridgehead atoms. The third-order valence-corrected chi connectivity index (χ3v) is 5.18. The van der Waals surface area contributed by atoms with Crippen molar-refractivity contribution in [2.45, 2.75) is 32.2 Å². The highest BCUT2D eigenvalue weighted by Gasteiger charge is 2.24. The van der Waals surface area contributed by atoms with Gasteiger partial charge in [-0.1, -0.05) is 0 Å². The van der Waals surface area contributed by atoms with Gasteiger partial charge in [-0.3, -0.25) is 0 Å². The monoisotopic (exact) mass is 326 g/mol. The van der Waals surface area contributed by atoms with Gasteiger partial charge in [0.05, 0.1) is 11.4 Å². The Balaban J connectivity index is 1.88. The second-order valence-corrected chi connectivity index (χ2v) is 8.50. The van der Waals surface area contributed by atoms with Crippen LogP contribution >= 0.6 is 0 Å². The van der Waals surface area contributed by atoms with Crippen LogP contribution < -0.4 is 4.90 Å². The number of nitrogens with zero attached hydrogens (tertiary/aromatic N) is 4. The van der Waals surface area contributed by atoms with E-state index in [4.69, 9.17) is 0 Å². The second kappa shape index (κ2) is 7.37. The largest absolute Gasteiger partial charge is 0.354 e. The van der Waals surface area contributed by atoms with Crippen molar-refractivity contribution < 1.29 is 8.42 Å². The molecule has 1 fully saturated rings. The molecule has 0 aromatic carbocycles. The van der Waals surface area contributed by atoms with E-state index in [0.717, 1.165) is 44.0 Å². The van der Waals surface area contributed by atoms with Crippen LogP contribution in [0.3, 0.4) is 0 Å². The lowest BCUT2D eigenvalue weighted by Gasteiger charge is -2.38. The third-order valence-electron chi connectivity index (χ3n) is 4.15. The zero-order valence-corrected chi connectivity index (χ0v) is 14.5. The first-order valence-corrected chi connectivity index (χ1v) is 9.84. The molecule has 0 aliphatic carbocycles. The summed E-state index contributed by atoms with van der Waals surface area (Å²) < 4.78 is 22.4. The minimum Gasteiger partial charge on any atom is -0.354 e. The van der Waals surface area contributed by atoms with Crippen LogP contribution in [0.15, 0.2) is 12.1 Å². The molecule has 1 aliphatic rings. The summed E-state index contributed by atoms with van der Waals surface area (Å²) in [7, 11) is -0.783. The molecule has 7 heteroatoms. The van der Waals surface area contributed by atoms with Crippen LogP contribution in [0.4, 0.5) is 5.82 Å². The highest BCUT2D eigenvalue weighted by atomic mass is 32.2. The Bertz CT molecular complexity index is 574. The Morgan fingerprint density at radius 3 is 2.77 bits per heavy atom. The van der Waals surface area contributed by atoms with E-state index in [9.17, 15) is 8.42 Å². The van der Waals surface area contributed by atoms with E-state index < -0.39 is 9.84 Å². The molecule has 0 radical (unpaired) electrons. The highest BCUT2D eigenvalue weighted by Crippen LogP contribution is 2.20. The van der Waals surface area contributed by atoms with Gasteiger partial charge >= 0.3 is 0 Å². The summed E-state index contributed by atoms with van der Waals surface area (Å²) >= 11 is 0. The van der Waals surface area contributed by atoms with Gasteiger partial charge in [-0.05, 0) is 51.9 Å². The van der Waals surface area contributed by atoms with Gasteiger partial charge in [0.2, 0.25) is 0 Å². The molecular formula is C15H26N4O2S. The number of hydrogen-bond acceptors (Lipinski definition) is 6. The molecule has 0 N–H and O–H groups in total. The molecule has 6 nitrogen and oxygen atoms in total. The van der Waals surface area contributed by atoms with Crippen LogP contribution in [-0.2, 0) is 9.84 Å². The Labute approximate surface area is 133 Å². The van der Waals surface area contributed by atoms with Gasteiger partial charge in [0.15, 0.2) is 5.82 Å². The standard InChI is InChI=1S/C15H26N4O2S/c1-13-7-8-15(17-16-13)19-10-4-6-14(12-19)18(2)9-5-11-22(3,20)21/h7-8,14H,4-6,9-12H2,1-3H3/t14-/m0/s1. The number of aromatic nitrogens is 2. The third kappa shape index (κ3) is 5.21. The predicted molar refractivity (Wildman–Crippen MR) is 89.0 cm³/mol. The first-order chi connectivity index (χ1) is 10.3. The van der Waals surface area contributed by atoms with Crippen molar-refractivity contribution in [1.29, 1.82) is 0 Å². The van der Waals surface area contributed by atoms with E-state index in [1.807, 2.05) is 19.1 Å². The van der Waals surface area contributed by atoms with Gasteiger partial charge in [-0.25, -0.2) is 8.42 Å². The maximum absolute atomic E-state index is 11.2. The Kier molecular flexibility index (Phi) is 5.74. The summed E-state index contributed by atoms with van der Waals surface area (Å²) in [5, 5.41) is 8.40. The Morgan fingerprint density at radius 2 is 2.14 bits per heavy atom. The number of sulfone groups is 1. The molecule has 0 amide bonds. The minimum atomic E-state index is -2.86. The zero-order chi connectivity index (χ0) is 16.2. The fourth-order valence-electron chi connectivity index (χ4n) is 2.84. The van der Waals surface area contributed by atoms with Gasteiger partial charge in [0, 0.05) is 25.4 Å². The van der Waals surface area contributed by atoms with Crippen LogP contribution in [0.1, 0.15) is 25.0 Å². The Morgan fingerprint density at radius 1 is 1.36 bits per heavy atom. The molecule has 1 saturated heterocycles. The number of aryl methyl sites for hydroxylation is 1. The zero-order valence-electron chi connectivity index (χ0n) is 13.7. The summed E-state index contributed by atoms with van der Waals surface area (Å²) in [6.07, 6.45) is 4.25. The van der Waals surface area contributed by atoms with E-state index >= 15 is 0 Å². The smallest absolute Gasteiger partial charge is 0.151 e. The minimum absolute atomic E-state index is 0.261. The lowest BCUT2D eigenvalue weighted by molar-refractivity contribution is 0.215. The molecule has 2 rings (SSSR count). The molecule has 22 heavy (non-hydrogen) atoms. The molecule has 0 unspecified atom stereocenters. The van der Waals surface area contributed by atoms with Crippen molar-refractivity contribution in [3.05, 3.63) is 17.8 Å². The summed E-state index contributed by atoms with van der Waals surface area (Å²) in [4.78, 5) is 4.55. The summed E-state index contributed by atoms with van der Waals surface area (Å²) in [6.45, 7) is 4.68. The second-order valence-electron chi connectivity index (χ2n) is 6.24. The summed E-state index contributed by atoms with van der Waals surface area (Å²) in [5.74, 6) is 1.19. The van der Waals surface area contributed by atoms with Crippen LogP contribution in [0.2, 0.25) is 0 Å². The molecule has 1 atom stereocenters. The average Bonchev–Trinajstić information content (AvgIpc) is 2.47. The maximum Gasteiger partial charge on any atom is 0.151 e. The lowest BCUT2D eigenvalue weighted by Crippen LogP contribution is -2.47. The first-order valence-electron chi connectivity index (χ1n) is 7.78. The predicted octanol–water partition coefficient (Wildman–Crippen LogP) is 1.12. The topological polar surface area (TPSA) is 66.4 Å². The van der Waals surface area contributed by atoms with E-state index in [1.165, 1.54) is 6.26 Å². The summed E-state index contributed by atoms with van der Waals surface area (Å²) in [5.41, 5.74) is 0.926. The number of anilines is 1. The Hall–Kier alpha value is -1.21. The van der Waals surface area contributed by atoms with E-state index in [1.54, 1.807) is 0 Å². The first kappa shape index (κ1) is 17.1. The SMILES string of the molecule is Cc1ccc(N2CCC[C@H](N(C)CCCS(C)(=O)=O)C2)nn1. The van der Waals surface area contributed by atoms with Crippen LogP contribution in [0, 0.1) is 6.92 Å². The normalized spacial score (nSPS) is 19.6. The van der Waals surface area contributed by atoms with E-state index in [-0.39, 0.29) is 5.75 Å². The molecule has 124 valence electrons. The fourth-order valence-corrected chi connectivity index (χ4v) is 3.50. The van der Waals surface area contributed by atoms with Crippen molar-refractivity contribution in [3.8, 4) is 0 Å². The van der Waals surface area contributed by atoms with Crippen LogP contribution in [-0.4, -0.2) is 68.2 Å². The van der Waals surface area contributed by atoms with Crippen molar-refractivity contribution in [2.75, 3.05) is 43.6 Å². The van der Waals surface area contributed by atoms with Gasteiger partial charge in [0.25, 0.3) is 0 Å². The van der Waals surface area contributed by atoms with Crippen molar-refractivity contribution in [1.82, 2.24) is 15.1 Å². The van der Waals surface area contributed by atoms with Crippen molar-refractivity contribution in [2.24, 2.45) is 0 Å². The van der Waals surface area contributed by atoms with Gasteiger partial charge in [-0.2, -0.15) is 5.10 Å². The number of rotatable bonds is 6. The van der Waals surface area contributed by atoms with Crippen molar-refractivity contribution in [3.63, 3.8) is 0 Å². The van der Waals surface area contributed by atoms with E-state index in [0.29, 0.717) is 12.5 Å². The lowest BCUT2D eigenvalue weighted by atomic mass is 10.0. The number of likely N-dealkylation sites (N-methyl/N-ethyl adjacent to an activating group) is 1. The molecular weight excluding hydrogens is 300 g/mol. The van der Waals surface area contributed by atoms with E-state index in [2.05, 4.69) is 27.0 Å². The maximum atomic E-state index is 11.2. The molecule has 1 aliphatic heterocycles. The number of piperidine rings is 1. The molecule has 0 saturated carbocycles. The molecule has 0 spiro atoms. The van der Waals surface area contributed by atoms with Gasteiger partial charge in [0.1, 0.15) is 9.84 Å². The van der Waals surface area contributed by atoms with Crippen LogP contribution in [0.25, 0.3) is 0 Å². The quantitative estimate of drug-likeness (QED) is 0.780. The van der Waals surface area contributed by atoms with Gasteiger partial charge < -0.3 is 9.80 Å². The van der Waals surface area contributed by atoms with Crippen molar-refractivity contribution >= 4 is 15.7 Å². The molecule has 1 aromatic rings. The number of hydrogen-bond donors (Lipinski definition) is 0. The molecule has 1 aromatic heterocycles. The highest BCUT2D eigenvalue weighted by molar-refractivity contribution is 7.90. The van der Waals surface area contributed by atoms with Crippen LogP contribution in [0.5, 0.6) is 0 Å². The molecule has 2 heterocycles.